The lowest BCUT2D eigenvalue weighted by Crippen LogP contribution is -2.51. The molecule has 4 nitrogen and oxygen atoms in total. The van der Waals surface area contributed by atoms with Gasteiger partial charge in [-0.3, -0.25) is 4.79 Å². The van der Waals surface area contributed by atoms with Crippen LogP contribution in [0.15, 0.2) is 18.2 Å². The molecule has 1 heterocycles. The van der Waals surface area contributed by atoms with E-state index < -0.39 is 5.82 Å². The molecule has 0 N–H and O–H groups in total. The molecular formula is C14H17ClFNO3. The molecule has 0 aliphatic carbocycles. The zero-order valence-electron chi connectivity index (χ0n) is 11.4. The van der Waals surface area contributed by atoms with Crippen LogP contribution >= 0.6 is 11.6 Å². The van der Waals surface area contributed by atoms with Gasteiger partial charge < -0.3 is 14.4 Å². The van der Waals surface area contributed by atoms with Crippen molar-refractivity contribution in [2.45, 2.75) is 19.1 Å². The number of halogens is 2. The molecule has 110 valence electrons. The average molecular weight is 302 g/mol. The van der Waals surface area contributed by atoms with E-state index in [1.54, 1.807) is 4.90 Å². The molecule has 2 rings (SSSR count). The van der Waals surface area contributed by atoms with Crippen LogP contribution < -0.4 is 4.74 Å². The van der Waals surface area contributed by atoms with Gasteiger partial charge in [-0.15, -0.1) is 11.6 Å². The van der Waals surface area contributed by atoms with Crippen LogP contribution in [0.3, 0.4) is 0 Å². The first kappa shape index (κ1) is 15.1. The third-order valence-electron chi connectivity index (χ3n) is 3.34. The second-order valence-electron chi connectivity index (χ2n) is 4.77. The number of rotatable bonds is 3. The van der Waals surface area contributed by atoms with Crippen LogP contribution in [-0.2, 0) is 4.74 Å². The predicted molar refractivity (Wildman–Crippen MR) is 73.9 cm³/mol. The van der Waals surface area contributed by atoms with Gasteiger partial charge >= 0.3 is 0 Å². The second-order valence-corrected chi connectivity index (χ2v) is 5.07. The fraction of sp³-hybridized carbons (Fsp3) is 0.500. The van der Waals surface area contributed by atoms with E-state index in [0.717, 1.165) is 0 Å². The van der Waals surface area contributed by atoms with Crippen molar-refractivity contribution in [3.8, 4) is 5.75 Å². The number of methoxy groups -OCH3 is 1. The van der Waals surface area contributed by atoms with Crippen molar-refractivity contribution < 1.29 is 18.7 Å². The van der Waals surface area contributed by atoms with Gasteiger partial charge in [-0.05, 0) is 25.1 Å². The van der Waals surface area contributed by atoms with Gasteiger partial charge in [0.25, 0.3) is 5.91 Å². The van der Waals surface area contributed by atoms with E-state index in [9.17, 15) is 9.18 Å². The van der Waals surface area contributed by atoms with Crippen LogP contribution in [0.4, 0.5) is 4.39 Å². The normalized spacial score (nSPS) is 22.7. The van der Waals surface area contributed by atoms with Crippen LogP contribution in [0.25, 0.3) is 0 Å². The minimum Gasteiger partial charge on any atom is -0.494 e. The Kier molecular flexibility index (Phi) is 4.83. The molecule has 1 aromatic carbocycles. The molecule has 20 heavy (non-hydrogen) atoms. The zero-order valence-corrected chi connectivity index (χ0v) is 12.2. The van der Waals surface area contributed by atoms with Crippen molar-refractivity contribution in [2.24, 2.45) is 0 Å². The van der Waals surface area contributed by atoms with Crippen molar-refractivity contribution in [1.82, 2.24) is 4.90 Å². The van der Waals surface area contributed by atoms with Gasteiger partial charge in [0.15, 0.2) is 11.6 Å². The summed E-state index contributed by atoms with van der Waals surface area (Å²) in [5, 5.41) is 0. The third kappa shape index (κ3) is 3.04. The van der Waals surface area contributed by atoms with Crippen LogP contribution in [0.1, 0.15) is 17.3 Å². The SMILES string of the molecule is COc1cc(C(=O)N2CC(CCl)OCC2C)ccc1F. The molecule has 1 saturated heterocycles. The Hall–Kier alpha value is -1.33. The standard InChI is InChI=1S/C14H17ClFNO3/c1-9-8-20-11(6-15)7-17(9)14(18)10-3-4-12(16)13(5-10)19-2/h3-5,9,11H,6-8H2,1-2H3. The highest BCUT2D eigenvalue weighted by molar-refractivity contribution is 6.18. The summed E-state index contributed by atoms with van der Waals surface area (Å²) in [5.74, 6) is -0.263. The summed E-state index contributed by atoms with van der Waals surface area (Å²) in [5.41, 5.74) is 0.394. The number of hydrogen-bond acceptors (Lipinski definition) is 3. The van der Waals surface area contributed by atoms with E-state index >= 15 is 0 Å². The van der Waals surface area contributed by atoms with Crippen LogP contribution in [0.2, 0.25) is 0 Å². The number of morpholine rings is 1. The maximum Gasteiger partial charge on any atom is 0.254 e. The first-order valence-corrected chi connectivity index (χ1v) is 6.92. The van der Waals surface area contributed by atoms with Crippen LogP contribution in [-0.4, -0.2) is 49.1 Å². The minimum absolute atomic E-state index is 0.0435. The van der Waals surface area contributed by atoms with Gasteiger partial charge in [-0.1, -0.05) is 0 Å². The van der Waals surface area contributed by atoms with Crippen molar-refractivity contribution >= 4 is 17.5 Å². The quantitative estimate of drug-likeness (QED) is 0.804. The predicted octanol–water partition coefficient (Wildman–Crippen LogP) is 2.30. The second kappa shape index (κ2) is 6.41. The monoisotopic (exact) mass is 301 g/mol. The van der Waals surface area contributed by atoms with E-state index in [2.05, 4.69) is 0 Å². The van der Waals surface area contributed by atoms with Crippen molar-refractivity contribution in [2.75, 3.05) is 26.1 Å². The number of alkyl halides is 1. The molecule has 1 aliphatic heterocycles. The van der Waals surface area contributed by atoms with Gasteiger partial charge in [0.1, 0.15) is 0 Å². The van der Waals surface area contributed by atoms with Crippen LogP contribution in [0, 0.1) is 5.82 Å². The highest BCUT2D eigenvalue weighted by Crippen LogP contribution is 2.21. The lowest BCUT2D eigenvalue weighted by Gasteiger charge is -2.37. The highest BCUT2D eigenvalue weighted by Gasteiger charge is 2.30. The van der Waals surface area contributed by atoms with E-state index in [1.165, 1.54) is 25.3 Å². The number of ether oxygens (including phenoxy) is 2. The molecule has 1 amide bonds. The van der Waals surface area contributed by atoms with Crippen molar-refractivity contribution in [3.05, 3.63) is 29.6 Å². The van der Waals surface area contributed by atoms with E-state index in [-0.39, 0.29) is 23.8 Å². The Labute approximate surface area is 122 Å². The molecule has 0 saturated carbocycles. The van der Waals surface area contributed by atoms with Crippen LogP contribution in [0.5, 0.6) is 5.75 Å². The van der Waals surface area contributed by atoms with Gasteiger partial charge in [0.05, 0.1) is 31.7 Å². The number of nitrogens with zero attached hydrogens (tertiary/aromatic N) is 1. The fourth-order valence-electron chi connectivity index (χ4n) is 2.15. The highest BCUT2D eigenvalue weighted by atomic mass is 35.5. The maximum absolute atomic E-state index is 13.4. The Morgan fingerprint density at radius 1 is 1.60 bits per heavy atom. The topological polar surface area (TPSA) is 38.8 Å². The molecule has 1 fully saturated rings. The van der Waals surface area contributed by atoms with Gasteiger partial charge in [-0.2, -0.15) is 0 Å². The van der Waals surface area contributed by atoms with Gasteiger partial charge in [-0.25, -0.2) is 4.39 Å². The van der Waals surface area contributed by atoms with E-state index in [1.807, 2.05) is 6.92 Å². The third-order valence-corrected chi connectivity index (χ3v) is 3.68. The molecule has 0 radical (unpaired) electrons. The summed E-state index contributed by atoms with van der Waals surface area (Å²) >= 11 is 5.78. The molecule has 0 aromatic heterocycles. The Bertz CT molecular complexity index is 497. The average Bonchev–Trinajstić information content (AvgIpc) is 2.47. The largest absolute Gasteiger partial charge is 0.494 e. The number of carbonyl (C=O) groups excluding carboxylic acids is 1. The summed E-state index contributed by atoms with van der Waals surface area (Å²) in [6.45, 7) is 2.79. The fourth-order valence-corrected chi connectivity index (χ4v) is 2.34. The zero-order chi connectivity index (χ0) is 14.7. The molecule has 1 aliphatic rings. The Morgan fingerprint density at radius 3 is 3.00 bits per heavy atom. The van der Waals surface area contributed by atoms with E-state index in [0.29, 0.717) is 24.6 Å². The molecule has 2 atom stereocenters. The Morgan fingerprint density at radius 2 is 2.35 bits per heavy atom. The maximum atomic E-state index is 13.4. The minimum atomic E-state index is -0.488. The number of carbonyl (C=O) groups is 1. The first-order chi connectivity index (χ1) is 9.56. The summed E-state index contributed by atoms with van der Waals surface area (Å²) in [4.78, 5) is 14.2. The lowest BCUT2D eigenvalue weighted by molar-refractivity contribution is -0.0371. The van der Waals surface area contributed by atoms with Gasteiger partial charge in [0.2, 0.25) is 0 Å². The molecule has 0 spiro atoms. The summed E-state index contributed by atoms with van der Waals surface area (Å²) < 4.78 is 23.8. The van der Waals surface area contributed by atoms with Crippen molar-refractivity contribution in [1.29, 1.82) is 0 Å². The van der Waals surface area contributed by atoms with E-state index in [4.69, 9.17) is 21.1 Å². The molecule has 6 heteroatoms. The summed E-state index contributed by atoms with van der Waals surface area (Å²) in [6, 6.07) is 4.06. The molecular weight excluding hydrogens is 285 g/mol. The molecule has 2 unspecified atom stereocenters. The first-order valence-electron chi connectivity index (χ1n) is 6.39. The number of hydrogen-bond donors (Lipinski definition) is 0. The lowest BCUT2D eigenvalue weighted by atomic mass is 10.1. The number of amides is 1. The number of benzene rings is 1. The summed E-state index contributed by atoms with van der Waals surface area (Å²) in [6.07, 6.45) is -0.167. The summed E-state index contributed by atoms with van der Waals surface area (Å²) in [7, 11) is 1.37. The molecule has 1 aromatic rings. The molecule has 0 bridgehead atoms. The van der Waals surface area contributed by atoms with Crippen molar-refractivity contribution in [3.63, 3.8) is 0 Å². The Balaban J connectivity index is 2.21. The smallest absolute Gasteiger partial charge is 0.254 e. The van der Waals surface area contributed by atoms with Gasteiger partial charge in [0, 0.05) is 12.1 Å².